The first-order valence-corrected chi connectivity index (χ1v) is 10.8. The average Bonchev–Trinajstić information content (AvgIpc) is 2.85. The van der Waals surface area contributed by atoms with Crippen LogP contribution < -0.4 is 0 Å². The second kappa shape index (κ2) is 11.2. The summed E-state index contributed by atoms with van der Waals surface area (Å²) in [7, 11) is 0. The van der Waals surface area contributed by atoms with E-state index in [1.54, 1.807) is 4.90 Å². The van der Waals surface area contributed by atoms with Gasteiger partial charge in [0, 0.05) is 11.8 Å². The standard InChI is InChI=1S/C19H37NO3S/c1-5-6-7-8-9-10-11-14-24-15-16-12-13-17(21)20(16)18(22)23-19(2,3)4/h16-17,21H,5-15H2,1-4H3. The highest BCUT2D eigenvalue weighted by Crippen LogP contribution is 2.27. The van der Waals surface area contributed by atoms with Crippen molar-refractivity contribution < 1.29 is 14.6 Å². The molecule has 1 saturated heterocycles. The number of unbranched alkanes of at least 4 members (excludes halogenated alkanes) is 6. The maximum Gasteiger partial charge on any atom is 0.412 e. The number of aliphatic hydroxyl groups is 1. The van der Waals surface area contributed by atoms with Crippen molar-refractivity contribution in [1.29, 1.82) is 0 Å². The molecule has 1 heterocycles. The van der Waals surface area contributed by atoms with Crippen LogP contribution in [0.2, 0.25) is 0 Å². The molecule has 1 rings (SSSR count). The van der Waals surface area contributed by atoms with Crippen LogP contribution in [0.5, 0.6) is 0 Å². The third-order valence-corrected chi connectivity index (χ3v) is 5.48. The van der Waals surface area contributed by atoms with E-state index in [-0.39, 0.29) is 12.1 Å². The van der Waals surface area contributed by atoms with Crippen LogP contribution in [-0.2, 0) is 4.74 Å². The molecule has 0 aromatic heterocycles. The minimum Gasteiger partial charge on any atom is -0.444 e. The van der Waals surface area contributed by atoms with Gasteiger partial charge in [-0.3, -0.25) is 4.90 Å². The summed E-state index contributed by atoms with van der Waals surface area (Å²) in [6, 6.07) is 0.101. The second-order valence-corrected chi connectivity index (χ2v) is 8.95. The van der Waals surface area contributed by atoms with Crippen LogP contribution in [0, 0.1) is 0 Å². The van der Waals surface area contributed by atoms with Crippen LogP contribution in [-0.4, -0.2) is 45.5 Å². The summed E-state index contributed by atoms with van der Waals surface area (Å²) in [6.45, 7) is 7.82. The van der Waals surface area contributed by atoms with Crippen molar-refractivity contribution in [1.82, 2.24) is 4.90 Å². The minimum absolute atomic E-state index is 0.101. The number of rotatable bonds is 10. The Morgan fingerprint density at radius 2 is 1.75 bits per heavy atom. The summed E-state index contributed by atoms with van der Waals surface area (Å²) in [5, 5.41) is 10.1. The summed E-state index contributed by atoms with van der Waals surface area (Å²) in [5.74, 6) is 2.04. The van der Waals surface area contributed by atoms with Crippen LogP contribution in [0.15, 0.2) is 0 Å². The molecule has 142 valence electrons. The molecule has 1 amide bonds. The number of ether oxygens (including phenoxy) is 1. The lowest BCUT2D eigenvalue weighted by molar-refractivity contribution is -0.0217. The van der Waals surface area contributed by atoms with Gasteiger partial charge in [0.15, 0.2) is 0 Å². The maximum absolute atomic E-state index is 12.3. The highest BCUT2D eigenvalue weighted by molar-refractivity contribution is 7.99. The molecular weight excluding hydrogens is 322 g/mol. The normalized spacial score (nSPS) is 21.3. The Bertz CT molecular complexity index is 357. The molecular formula is C19H37NO3S. The van der Waals surface area contributed by atoms with Gasteiger partial charge in [-0.2, -0.15) is 11.8 Å². The number of likely N-dealkylation sites (tertiary alicyclic amines) is 1. The summed E-state index contributed by atoms with van der Waals surface area (Å²) >= 11 is 1.90. The van der Waals surface area contributed by atoms with Gasteiger partial charge in [-0.1, -0.05) is 45.4 Å². The lowest BCUT2D eigenvalue weighted by Gasteiger charge is -2.30. The number of thioether (sulfide) groups is 1. The monoisotopic (exact) mass is 359 g/mol. The zero-order chi connectivity index (χ0) is 18.0. The summed E-state index contributed by atoms with van der Waals surface area (Å²) in [5.41, 5.74) is -0.519. The first-order chi connectivity index (χ1) is 11.3. The molecule has 0 aliphatic carbocycles. The van der Waals surface area contributed by atoms with E-state index in [1.807, 2.05) is 32.5 Å². The predicted octanol–water partition coefficient (Wildman–Crippen LogP) is 5.19. The Labute approximate surface area is 152 Å². The molecule has 1 N–H and O–H groups in total. The van der Waals surface area contributed by atoms with Crippen LogP contribution in [0.3, 0.4) is 0 Å². The lowest BCUT2D eigenvalue weighted by atomic mass is 10.1. The molecule has 0 saturated carbocycles. The van der Waals surface area contributed by atoms with Gasteiger partial charge in [0.2, 0.25) is 0 Å². The molecule has 0 spiro atoms. The SMILES string of the molecule is CCCCCCCCCSCC1CCC(O)N1C(=O)OC(C)(C)C. The van der Waals surface area contributed by atoms with Gasteiger partial charge in [0.25, 0.3) is 0 Å². The first-order valence-electron chi connectivity index (χ1n) is 9.62. The van der Waals surface area contributed by atoms with Crippen molar-refractivity contribution >= 4 is 17.9 Å². The van der Waals surface area contributed by atoms with Crippen LogP contribution in [0.1, 0.15) is 85.5 Å². The van der Waals surface area contributed by atoms with E-state index in [0.717, 1.165) is 17.9 Å². The molecule has 1 aliphatic heterocycles. The van der Waals surface area contributed by atoms with Crippen molar-refractivity contribution in [2.24, 2.45) is 0 Å². The highest BCUT2D eigenvalue weighted by atomic mass is 32.2. The van der Waals surface area contributed by atoms with Crippen molar-refractivity contribution in [3.63, 3.8) is 0 Å². The molecule has 5 heteroatoms. The Kier molecular flexibility index (Phi) is 10.1. The Morgan fingerprint density at radius 3 is 2.38 bits per heavy atom. The van der Waals surface area contributed by atoms with E-state index in [1.165, 1.54) is 44.9 Å². The van der Waals surface area contributed by atoms with Gasteiger partial charge in [0.1, 0.15) is 11.8 Å². The smallest absolute Gasteiger partial charge is 0.412 e. The number of amides is 1. The Hall–Kier alpha value is -0.420. The predicted molar refractivity (Wildman–Crippen MR) is 102 cm³/mol. The van der Waals surface area contributed by atoms with E-state index < -0.39 is 11.8 Å². The largest absolute Gasteiger partial charge is 0.444 e. The quantitative estimate of drug-likeness (QED) is 0.545. The zero-order valence-electron chi connectivity index (χ0n) is 16.1. The summed E-state index contributed by atoms with van der Waals surface area (Å²) < 4.78 is 5.43. The molecule has 1 aliphatic rings. The molecule has 4 nitrogen and oxygen atoms in total. The number of aliphatic hydroxyl groups excluding tert-OH is 1. The van der Waals surface area contributed by atoms with Gasteiger partial charge in [-0.05, 0) is 45.8 Å². The Balaban J connectivity index is 2.20. The van der Waals surface area contributed by atoms with E-state index in [4.69, 9.17) is 4.74 Å². The molecule has 1 fully saturated rings. The number of carbonyl (C=O) groups excluding carboxylic acids is 1. The molecule has 0 radical (unpaired) electrons. The first kappa shape index (κ1) is 21.6. The van der Waals surface area contributed by atoms with E-state index in [9.17, 15) is 9.90 Å². The molecule has 0 aromatic carbocycles. The Morgan fingerprint density at radius 1 is 1.12 bits per heavy atom. The molecule has 2 unspecified atom stereocenters. The number of hydrogen-bond donors (Lipinski definition) is 1. The molecule has 2 atom stereocenters. The second-order valence-electron chi connectivity index (χ2n) is 7.80. The van der Waals surface area contributed by atoms with Gasteiger partial charge in [-0.15, -0.1) is 0 Å². The molecule has 0 aromatic rings. The fraction of sp³-hybridized carbons (Fsp3) is 0.947. The van der Waals surface area contributed by atoms with Gasteiger partial charge in [0.05, 0.1) is 0 Å². The number of hydrogen-bond acceptors (Lipinski definition) is 4. The number of carbonyl (C=O) groups is 1. The number of nitrogens with zero attached hydrogens (tertiary/aromatic N) is 1. The third-order valence-electron chi connectivity index (χ3n) is 4.28. The van der Waals surface area contributed by atoms with Gasteiger partial charge < -0.3 is 9.84 Å². The highest BCUT2D eigenvalue weighted by Gasteiger charge is 2.38. The average molecular weight is 360 g/mol. The van der Waals surface area contributed by atoms with Crippen molar-refractivity contribution in [3.05, 3.63) is 0 Å². The summed E-state index contributed by atoms with van der Waals surface area (Å²) in [4.78, 5) is 13.8. The fourth-order valence-corrected chi connectivity index (χ4v) is 4.17. The van der Waals surface area contributed by atoms with Gasteiger partial charge >= 0.3 is 6.09 Å². The molecule has 24 heavy (non-hydrogen) atoms. The van der Waals surface area contributed by atoms with Crippen molar-refractivity contribution in [2.75, 3.05) is 11.5 Å². The maximum atomic E-state index is 12.3. The van der Waals surface area contributed by atoms with Crippen LogP contribution in [0.4, 0.5) is 4.79 Å². The van der Waals surface area contributed by atoms with Gasteiger partial charge in [-0.25, -0.2) is 4.79 Å². The van der Waals surface area contributed by atoms with E-state index >= 15 is 0 Å². The topological polar surface area (TPSA) is 49.8 Å². The third kappa shape index (κ3) is 8.61. The van der Waals surface area contributed by atoms with E-state index in [0.29, 0.717) is 6.42 Å². The lowest BCUT2D eigenvalue weighted by Crippen LogP contribution is -2.45. The zero-order valence-corrected chi connectivity index (χ0v) is 16.9. The van der Waals surface area contributed by atoms with Crippen LogP contribution in [0.25, 0.3) is 0 Å². The van der Waals surface area contributed by atoms with Crippen molar-refractivity contribution in [3.8, 4) is 0 Å². The minimum atomic E-state index is -0.691. The molecule has 0 bridgehead atoms. The summed E-state index contributed by atoms with van der Waals surface area (Å²) in [6.07, 6.45) is 9.74. The fourth-order valence-electron chi connectivity index (χ4n) is 2.99. The van der Waals surface area contributed by atoms with Crippen LogP contribution >= 0.6 is 11.8 Å². The van der Waals surface area contributed by atoms with Crippen molar-refractivity contribution in [2.45, 2.75) is 103 Å². The van der Waals surface area contributed by atoms with E-state index in [2.05, 4.69) is 6.92 Å².